The van der Waals surface area contributed by atoms with E-state index >= 15 is 0 Å². The number of ether oxygens (including phenoxy) is 1. The highest BCUT2D eigenvalue weighted by atomic mass is 16.6. The van der Waals surface area contributed by atoms with E-state index in [2.05, 4.69) is 16.0 Å². The molecule has 0 unspecified atom stereocenters. The van der Waals surface area contributed by atoms with Crippen LogP contribution in [-0.4, -0.2) is 36.7 Å². The van der Waals surface area contributed by atoms with Gasteiger partial charge in [0.25, 0.3) is 0 Å². The standard InChI is InChI=1S/C21H34N4O3/c1-21(2,3)28-20(27)24-13-11-18-19(26)23-12-6-4-5-10-17(22)15-8-7-9-16(14-15)25-18/h7-9,14,17-18,25H,4-6,10-13,22H2,1-3H3,(H,23,26)(H,24,27)/t17-,18-/m0/s1. The topological polar surface area (TPSA) is 105 Å². The van der Waals surface area contributed by atoms with Gasteiger partial charge in [-0.15, -0.1) is 0 Å². The second-order valence-corrected chi connectivity index (χ2v) is 8.29. The normalized spacial score (nSPS) is 21.2. The third-order valence-corrected chi connectivity index (χ3v) is 4.56. The van der Waals surface area contributed by atoms with E-state index in [1.54, 1.807) is 0 Å². The van der Waals surface area contributed by atoms with Crippen LogP contribution in [-0.2, 0) is 9.53 Å². The number of hydrogen-bond donors (Lipinski definition) is 4. The largest absolute Gasteiger partial charge is 0.444 e. The van der Waals surface area contributed by atoms with Crippen LogP contribution in [0.2, 0.25) is 0 Å². The minimum atomic E-state index is -0.551. The van der Waals surface area contributed by atoms with Crippen LogP contribution in [0.5, 0.6) is 0 Å². The number of fused-ring (bicyclic) bond motifs is 2. The summed E-state index contributed by atoms with van der Waals surface area (Å²) in [6.07, 6.45) is 3.90. The van der Waals surface area contributed by atoms with E-state index in [1.807, 2.05) is 45.0 Å². The Hall–Kier alpha value is -2.28. The maximum Gasteiger partial charge on any atom is 0.407 e. The molecule has 1 aliphatic heterocycles. The monoisotopic (exact) mass is 390 g/mol. The number of rotatable bonds is 3. The average molecular weight is 391 g/mol. The summed E-state index contributed by atoms with van der Waals surface area (Å²) in [6, 6.07) is 7.45. The van der Waals surface area contributed by atoms with Crippen molar-refractivity contribution in [3.63, 3.8) is 0 Å². The van der Waals surface area contributed by atoms with Crippen LogP contribution >= 0.6 is 0 Å². The van der Waals surface area contributed by atoms with Gasteiger partial charge in [-0.1, -0.05) is 25.0 Å². The molecular weight excluding hydrogens is 356 g/mol. The number of nitrogens with one attached hydrogen (secondary N) is 3. The van der Waals surface area contributed by atoms with E-state index in [0.29, 0.717) is 19.5 Å². The summed E-state index contributed by atoms with van der Waals surface area (Å²) in [4.78, 5) is 24.5. The van der Waals surface area contributed by atoms with Gasteiger partial charge in [-0.25, -0.2) is 4.79 Å². The number of carbonyl (C=O) groups excluding carboxylic acids is 2. The second kappa shape index (κ2) is 10.3. The number of carbonyl (C=O) groups is 2. The average Bonchev–Trinajstić information content (AvgIpc) is 2.62. The Morgan fingerprint density at radius 3 is 2.82 bits per heavy atom. The van der Waals surface area contributed by atoms with Crippen LogP contribution < -0.4 is 21.7 Å². The molecule has 7 nitrogen and oxygen atoms in total. The van der Waals surface area contributed by atoms with Crippen LogP contribution in [0.15, 0.2) is 24.3 Å². The van der Waals surface area contributed by atoms with Gasteiger partial charge in [0.15, 0.2) is 0 Å². The maximum absolute atomic E-state index is 12.6. The summed E-state index contributed by atoms with van der Waals surface area (Å²) in [5, 5.41) is 9.00. The van der Waals surface area contributed by atoms with Crippen LogP contribution in [0.25, 0.3) is 0 Å². The van der Waals surface area contributed by atoms with Crippen molar-refractivity contribution in [3.05, 3.63) is 29.8 Å². The van der Waals surface area contributed by atoms with Crippen LogP contribution in [0.4, 0.5) is 10.5 Å². The van der Waals surface area contributed by atoms with Crippen molar-refractivity contribution in [2.75, 3.05) is 18.4 Å². The Morgan fingerprint density at radius 1 is 1.29 bits per heavy atom. The first-order valence-electron chi connectivity index (χ1n) is 10.1. The third-order valence-electron chi connectivity index (χ3n) is 4.56. The van der Waals surface area contributed by atoms with E-state index < -0.39 is 17.7 Å². The zero-order valence-corrected chi connectivity index (χ0v) is 17.2. The molecule has 2 rings (SSSR count). The van der Waals surface area contributed by atoms with Crippen LogP contribution in [0.1, 0.15) is 64.5 Å². The van der Waals surface area contributed by atoms with Crippen molar-refractivity contribution in [2.24, 2.45) is 5.73 Å². The third kappa shape index (κ3) is 7.76. The molecule has 0 aromatic heterocycles. The van der Waals surface area contributed by atoms with Gasteiger partial charge in [0.05, 0.1) is 0 Å². The van der Waals surface area contributed by atoms with Gasteiger partial charge in [-0.2, -0.15) is 0 Å². The number of nitrogens with two attached hydrogens (primary N) is 1. The predicted octanol–water partition coefficient (Wildman–Crippen LogP) is 3.07. The van der Waals surface area contributed by atoms with Gasteiger partial charge in [0, 0.05) is 24.8 Å². The molecule has 5 N–H and O–H groups in total. The van der Waals surface area contributed by atoms with Crippen LogP contribution in [0.3, 0.4) is 0 Å². The number of alkyl carbamates (subject to hydrolysis) is 1. The number of hydrogen-bond acceptors (Lipinski definition) is 5. The van der Waals surface area contributed by atoms with Crippen molar-refractivity contribution in [3.8, 4) is 0 Å². The lowest BCUT2D eigenvalue weighted by molar-refractivity contribution is -0.122. The fourth-order valence-corrected chi connectivity index (χ4v) is 3.13. The molecule has 2 atom stereocenters. The maximum atomic E-state index is 12.6. The van der Waals surface area contributed by atoms with E-state index in [1.165, 1.54) is 0 Å². The molecular formula is C21H34N4O3. The molecule has 0 spiro atoms. The Kier molecular flexibility index (Phi) is 8.11. The minimum absolute atomic E-state index is 0.00144. The fraction of sp³-hybridized carbons (Fsp3) is 0.619. The van der Waals surface area contributed by atoms with Crippen LogP contribution in [0, 0.1) is 0 Å². The zero-order chi connectivity index (χ0) is 20.6. The number of anilines is 1. The molecule has 2 bridgehead atoms. The quantitative estimate of drug-likeness (QED) is 0.635. The molecule has 0 aliphatic carbocycles. The van der Waals surface area contributed by atoms with Gasteiger partial charge in [0.1, 0.15) is 11.6 Å². The first-order valence-corrected chi connectivity index (χ1v) is 10.1. The smallest absolute Gasteiger partial charge is 0.407 e. The summed E-state index contributed by atoms with van der Waals surface area (Å²) in [5.41, 5.74) is 7.68. The molecule has 1 heterocycles. The zero-order valence-electron chi connectivity index (χ0n) is 17.2. The molecule has 0 fully saturated rings. The predicted molar refractivity (Wildman–Crippen MR) is 111 cm³/mol. The first kappa shape index (κ1) is 22.0. The van der Waals surface area contributed by atoms with E-state index in [9.17, 15) is 9.59 Å². The van der Waals surface area contributed by atoms with Crippen molar-refractivity contribution in [1.82, 2.24) is 10.6 Å². The molecule has 0 saturated carbocycles. The second-order valence-electron chi connectivity index (χ2n) is 8.29. The molecule has 0 saturated heterocycles. The summed E-state index contributed by atoms with van der Waals surface area (Å²) >= 11 is 0. The molecule has 28 heavy (non-hydrogen) atoms. The highest BCUT2D eigenvalue weighted by Gasteiger charge is 2.20. The van der Waals surface area contributed by atoms with Gasteiger partial charge in [0.2, 0.25) is 5.91 Å². The lowest BCUT2D eigenvalue weighted by Crippen LogP contribution is -2.42. The Balaban J connectivity index is 2.03. The lowest BCUT2D eigenvalue weighted by atomic mass is 10.0. The number of benzene rings is 1. The molecule has 7 heteroatoms. The Labute approximate surface area is 167 Å². The first-order chi connectivity index (χ1) is 13.2. The summed E-state index contributed by atoms with van der Waals surface area (Å²) in [6.45, 7) is 6.42. The molecule has 1 aromatic carbocycles. The molecule has 0 radical (unpaired) electrons. The SMILES string of the molecule is CC(C)(C)OC(=O)NCC[C@@H]1Nc2cccc(c2)[C@@H](N)CCCCCNC1=O. The molecule has 1 aliphatic rings. The molecule has 1 aromatic rings. The minimum Gasteiger partial charge on any atom is -0.444 e. The molecule has 2 amide bonds. The van der Waals surface area contributed by atoms with Crippen molar-refractivity contribution < 1.29 is 14.3 Å². The fourth-order valence-electron chi connectivity index (χ4n) is 3.13. The highest BCUT2D eigenvalue weighted by Crippen LogP contribution is 2.22. The Morgan fingerprint density at radius 2 is 2.07 bits per heavy atom. The summed E-state index contributed by atoms with van der Waals surface area (Å²) in [7, 11) is 0. The van der Waals surface area contributed by atoms with E-state index in [4.69, 9.17) is 10.5 Å². The van der Waals surface area contributed by atoms with Gasteiger partial charge >= 0.3 is 6.09 Å². The summed E-state index contributed by atoms with van der Waals surface area (Å²) < 4.78 is 5.24. The van der Waals surface area contributed by atoms with E-state index in [-0.39, 0.29) is 11.9 Å². The highest BCUT2D eigenvalue weighted by molar-refractivity contribution is 5.84. The number of amides is 2. The van der Waals surface area contributed by atoms with Crippen molar-refractivity contribution >= 4 is 17.7 Å². The molecule has 156 valence electrons. The van der Waals surface area contributed by atoms with Gasteiger partial charge in [-0.05, 0) is 57.7 Å². The van der Waals surface area contributed by atoms with Gasteiger partial charge in [-0.3, -0.25) is 4.79 Å². The van der Waals surface area contributed by atoms with Crippen molar-refractivity contribution in [2.45, 2.75) is 70.6 Å². The lowest BCUT2D eigenvalue weighted by Gasteiger charge is -2.22. The van der Waals surface area contributed by atoms with E-state index in [0.717, 1.165) is 36.9 Å². The van der Waals surface area contributed by atoms with Gasteiger partial charge < -0.3 is 26.4 Å². The summed E-state index contributed by atoms with van der Waals surface area (Å²) in [5.74, 6) is -0.0695. The Bertz CT molecular complexity index is 657. The van der Waals surface area contributed by atoms with Crippen molar-refractivity contribution in [1.29, 1.82) is 0 Å².